The molecule has 0 fully saturated rings. The van der Waals surface area contributed by atoms with Crippen LogP contribution in [0.15, 0.2) is 10.8 Å². The SMILES string of the molecule is CCNCc1cn(Cc2nonc2C)nn1. The molecule has 86 valence electrons. The van der Waals surface area contributed by atoms with Crippen LogP contribution in [0, 0.1) is 6.92 Å². The van der Waals surface area contributed by atoms with Crippen LogP contribution in [0.5, 0.6) is 0 Å². The average molecular weight is 222 g/mol. The van der Waals surface area contributed by atoms with E-state index in [1.807, 2.05) is 13.1 Å². The molecular weight excluding hydrogens is 208 g/mol. The molecule has 0 unspecified atom stereocenters. The standard InChI is InChI=1S/C9H14N6O/c1-3-10-4-8-5-15(14-11-8)6-9-7(2)12-16-13-9/h5,10H,3-4,6H2,1-2H3. The Morgan fingerprint density at radius 2 is 2.31 bits per heavy atom. The van der Waals surface area contributed by atoms with Crippen molar-refractivity contribution >= 4 is 0 Å². The zero-order chi connectivity index (χ0) is 11.4. The maximum Gasteiger partial charge on any atom is 0.129 e. The third-order valence-corrected chi connectivity index (χ3v) is 2.20. The summed E-state index contributed by atoms with van der Waals surface area (Å²) in [5, 5.41) is 18.7. The van der Waals surface area contributed by atoms with E-state index in [4.69, 9.17) is 0 Å². The summed E-state index contributed by atoms with van der Waals surface area (Å²) in [6.07, 6.45) is 1.89. The molecule has 2 rings (SSSR count). The second-order valence-electron chi connectivity index (χ2n) is 3.48. The Hall–Kier alpha value is -1.76. The van der Waals surface area contributed by atoms with Gasteiger partial charge in [0.25, 0.3) is 0 Å². The van der Waals surface area contributed by atoms with Gasteiger partial charge in [-0.1, -0.05) is 22.5 Å². The van der Waals surface area contributed by atoms with E-state index in [2.05, 4.69) is 37.5 Å². The molecule has 0 aromatic carbocycles. The molecule has 7 nitrogen and oxygen atoms in total. The number of aromatic nitrogens is 5. The molecule has 0 amide bonds. The van der Waals surface area contributed by atoms with Crippen molar-refractivity contribution in [1.82, 2.24) is 30.6 Å². The molecule has 2 aromatic heterocycles. The van der Waals surface area contributed by atoms with Gasteiger partial charge in [0.15, 0.2) is 0 Å². The van der Waals surface area contributed by atoms with Gasteiger partial charge < -0.3 is 5.32 Å². The lowest BCUT2D eigenvalue weighted by Crippen LogP contribution is -2.11. The Bertz CT molecular complexity index is 448. The van der Waals surface area contributed by atoms with E-state index in [0.29, 0.717) is 6.54 Å². The highest BCUT2D eigenvalue weighted by Crippen LogP contribution is 2.03. The number of nitrogens with zero attached hydrogens (tertiary/aromatic N) is 5. The van der Waals surface area contributed by atoms with E-state index in [-0.39, 0.29) is 0 Å². The monoisotopic (exact) mass is 222 g/mol. The first-order chi connectivity index (χ1) is 7.79. The third kappa shape index (κ3) is 2.43. The first-order valence-electron chi connectivity index (χ1n) is 5.17. The van der Waals surface area contributed by atoms with Gasteiger partial charge >= 0.3 is 0 Å². The molecule has 0 saturated carbocycles. The van der Waals surface area contributed by atoms with Crippen molar-refractivity contribution in [2.75, 3.05) is 6.54 Å². The third-order valence-electron chi connectivity index (χ3n) is 2.20. The van der Waals surface area contributed by atoms with E-state index < -0.39 is 0 Å². The van der Waals surface area contributed by atoms with Crippen LogP contribution in [0.3, 0.4) is 0 Å². The first kappa shape index (κ1) is 10.7. The van der Waals surface area contributed by atoms with E-state index in [9.17, 15) is 0 Å². The zero-order valence-electron chi connectivity index (χ0n) is 9.34. The van der Waals surface area contributed by atoms with Gasteiger partial charge in [0.05, 0.1) is 18.4 Å². The lowest BCUT2D eigenvalue weighted by molar-refractivity contribution is 0.300. The van der Waals surface area contributed by atoms with E-state index >= 15 is 0 Å². The largest absolute Gasteiger partial charge is 0.311 e. The van der Waals surface area contributed by atoms with E-state index in [1.54, 1.807) is 4.68 Å². The van der Waals surface area contributed by atoms with Crippen molar-refractivity contribution in [3.63, 3.8) is 0 Å². The Kier molecular flexibility index (Phi) is 3.25. The normalized spacial score (nSPS) is 10.9. The number of hydrogen-bond donors (Lipinski definition) is 1. The minimum absolute atomic E-state index is 0.536. The average Bonchev–Trinajstić information content (AvgIpc) is 2.87. The van der Waals surface area contributed by atoms with Crippen LogP contribution < -0.4 is 5.32 Å². The molecular formula is C9H14N6O. The highest BCUT2D eigenvalue weighted by Gasteiger charge is 2.07. The summed E-state index contributed by atoms with van der Waals surface area (Å²) < 4.78 is 6.34. The van der Waals surface area contributed by atoms with Crippen molar-refractivity contribution < 1.29 is 4.63 Å². The maximum absolute atomic E-state index is 4.62. The van der Waals surface area contributed by atoms with E-state index in [0.717, 1.165) is 30.2 Å². The minimum Gasteiger partial charge on any atom is -0.311 e. The van der Waals surface area contributed by atoms with Gasteiger partial charge in [0.2, 0.25) is 0 Å². The van der Waals surface area contributed by atoms with Gasteiger partial charge in [-0.15, -0.1) is 5.10 Å². The fourth-order valence-corrected chi connectivity index (χ4v) is 1.30. The van der Waals surface area contributed by atoms with Crippen molar-refractivity contribution in [1.29, 1.82) is 0 Å². The van der Waals surface area contributed by atoms with Crippen molar-refractivity contribution in [2.24, 2.45) is 0 Å². The summed E-state index contributed by atoms with van der Waals surface area (Å²) >= 11 is 0. The van der Waals surface area contributed by atoms with Gasteiger partial charge in [-0.2, -0.15) is 0 Å². The second-order valence-corrected chi connectivity index (χ2v) is 3.48. The van der Waals surface area contributed by atoms with Crippen molar-refractivity contribution in [3.8, 4) is 0 Å². The molecule has 7 heteroatoms. The maximum atomic E-state index is 4.62. The summed E-state index contributed by atoms with van der Waals surface area (Å²) in [6.45, 7) is 6.08. The van der Waals surface area contributed by atoms with Gasteiger partial charge in [-0.05, 0) is 13.5 Å². The Morgan fingerprint density at radius 1 is 1.44 bits per heavy atom. The molecule has 0 bridgehead atoms. The lowest BCUT2D eigenvalue weighted by Gasteiger charge is -1.95. The summed E-state index contributed by atoms with van der Waals surface area (Å²) in [5.41, 5.74) is 2.47. The second kappa shape index (κ2) is 4.84. The van der Waals surface area contributed by atoms with Crippen LogP contribution >= 0.6 is 0 Å². The summed E-state index contributed by atoms with van der Waals surface area (Å²) in [7, 11) is 0. The quantitative estimate of drug-likeness (QED) is 0.774. The Labute approximate surface area is 92.8 Å². The first-order valence-corrected chi connectivity index (χ1v) is 5.17. The molecule has 0 aliphatic carbocycles. The lowest BCUT2D eigenvalue weighted by atomic mass is 10.3. The highest BCUT2D eigenvalue weighted by atomic mass is 16.6. The predicted molar refractivity (Wildman–Crippen MR) is 55.5 cm³/mol. The van der Waals surface area contributed by atoms with Crippen molar-refractivity contribution in [2.45, 2.75) is 26.9 Å². The minimum atomic E-state index is 0.536. The smallest absolute Gasteiger partial charge is 0.129 e. The summed E-state index contributed by atoms with van der Waals surface area (Å²) in [5.74, 6) is 0. The zero-order valence-corrected chi connectivity index (χ0v) is 9.34. The molecule has 0 aliphatic heterocycles. The van der Waals surface area contributed by atoms with Crippen LogP contribution in [0.2, 0.25) is 0 Å². The molecule has 2 heterocycles. The summed E-state index contributed by atoms with van der Waals surface area (Å²) in [6, 6.07) is 0. The fraction of sp³-hybridized carbons (Fsp3) is 0.556. The molecule has 0 saturated heterocycles. The molecule has 2 aromatic rings. The van der Waals surface area contributed by atoms with Gasteiger partial charge in [-0.25, -0.2) is 9.31 Å². The van der Waals surface area contributed by atoms with Crippen LogP contribution in [0.1, 0.15) is 24.0 Å². The molecule has 0 spiro atoms. The number of hydrogen-bond acceptors (Lipinski definition) is 6. The van der Waals surface area contributed by atoms with Crippen LogP contribution in [0.4, 0.5) is 0 Å². The van der Waals surface area contributed by atoms with Gasteiger partial charge in [0, 0.05) is 6.54 Å². The molecule has 16 heavy (non-hydrogen) atoms. The number of rotatable bonds is 5. The Balaban J connectivity index is 2.00. The fourth-order valence-electron chi connectivity index (χ4n) is 1.30. The molecule has 1 N–H and O–H groups in total. The van der Waals surface area contributed by atoms with Crippen LogP contribution in [0.25, 0.3) is 0 Å². The summed E-state index contributed by atoms with van der Waals surface area (Å²) in [4.78, 5) is 0. The van der Waals surface area contributed by atoms with Gasteiger partial charge in [-0.3, -0.25) is 0 Å². The Morgan fingerprint density at radius 3 is 3.00 bits per heavy atom. The molecule has 0 atom stereocenters. The topological polar surface area (TPSA) is 81.7 Å². The van der Waals surface area contributed by atoms with E-state index in [1.165, 1.54) is 0 Å². The van der Waals surface area contributed by atoms with Gasteiger partial charge in [0.1, 0.15) is 11.4 Å². The highest BCUT2D eigenvalue weighted by molar-refractivity contribution is 5.05. The molecule has 0 radical (unpaired) electrons. The van der Waals surface area contributed by atoms with Crippen LogP contribution in [-0.4, -0.2) is 31.9 Å². The van der Waals surface area contributed by atoms with Crippen LogP contribution in [-0.2, 0) is 13.1 Å². The molecule has 0 aliphatic rings. The predicted octanol–water partition coefficient (Wildman–Crippen LogP) is 0.127. The van der Waals surface area contributed by atoms with Crippen molar-refractivity contribution in [3.05, 3.63) is 23.3 Å². The number of aryl methyl sites for hydroxylation is 1. The number of nitrogens with one attached hydrogen (secondary N) is 1.